The van der Waals surface area contributed by atoms with Crippen molar-refractivity contribution in [3.63, 3.8) is 0 Å². The van der Waals surface area contributed by atoms with E-state index >= 15 is 0 Å². The maximum Gasteiger partial charge on any atom is 0.300 e. The maximum absolute atomic E-state index is 13.4. The molecule has 0 radical (unpaired) electrons. The van der Waals surface area contributed by atoms with Crippen LogP contribution in [0.3, 0.4) is 0 Å². The summed E-state index contributed by atoms with van der Waals surface area (Å²) in [6.45, 7) is 4.62. The smallest absolute Gasteiger partial charge is 0.300 e. The number of ether oxygens (including phenoxy) is 1. The van der Waals surface area contributed by atoms with Crippen LogP contribution in [0.5, 0.6) is 5.75 Å². The molecule has 182 valence electrons. The van der Waals surface area contributed by atoms with Gasteiger partial charge < -0.3 is 14.7 Å². The molecule has 0 spiro atoms. The number of amides is 1. The van der Waals surface area contributed by atoms with E-state index in [9.17, 15) is 14.7 Å². The summed E-state index contributed by atoms with van der Waals surface area (Å²) in [5.74, 6) is -0.688. The highest BCUT2D eigenvalue weighted by molar-refractivity contribution is 6.51. The number of aliphatic hydroxyl groups is 1. The number of ketones is 1. The Kier molecular flexibility index (Phi) is 5.52. The van der Waals surface area contributed by atoms with Crippen molar-refractivity contribution in [2.45, 2.75) is 32.2 Å². The second-order valence-electron chi connectivity index (χ2n) is 9.71. The molecule has 3 aromatic rings. The molecule has 1 N–H and O–H groups in total. The number of hydrogen-bond acceptors (Lipinski definition) is 5. The minimum atomic E-state index is -0.730. The summed E-state index contributed by atoms with van der Waals surface area (Å²) in [6, 6.07) is 20.2. The third-order valence-electron chi connectivity index (χ3n) is 7.36. The summed E-state index contributed by atoms with van der Waals surface area (Å²) < 4.78 is 5.59. The lowest BCUT2D eigenvalue weighted by atomic mass is 9.93. The van der Waals surface area contributed by atoms with Gasteiger partial charge in [-0.2, -0.15) is 0 Å². The molecule has 0 aromatic heterocycles. The van der Waals surface area contributed by atoms with Crippen LogP contribution in [0.15, 0.2) is 72.3 Å². The number of carbonyl (C=O) groups is 2. The molecule has 0 bridgehead atoms. The minimum absolute atomic E-state index is 0.105. The lowest BCUT2D eigenvalue weighted by Crippen LogP contribution is -2.29. The third-order valence-corrected chi connectivity index (χ3v) is 7.36. The highest BCUT2D eigenvalue weighted by Gasteiger charge is 2.47. The predicted molar refractivity (Wildman–Crippen MR) is 139 cm³/mol. The van der Waals surface area contributed by atoms with Gasteiger partial charge in [0.25, 0.3) is 11.7 Å². The van der Waals surface area contributed by atoms with Crippen LogP contribution in [0.4, 0.5) is 11.4 Å². The van der Waals surface area contributed by atoms with Crippen molar-refractivity contribution in [1.82, 2.24) is 0 Å². The molecule has 3 aromatic carbocycles. The Balaban J connectivity index is 1.47. The number of anilines is 2. The number of rotatable bonds is 4. The lowest BCUT2D eigenvalue weighted by Gasteiger charge is -2.26. The Hall–Kier alpha value is -4.06. The molecule has 0 saturated carbocycles. The van der Waals surface area contributed by atoms with Crippen LogP contribution >= 0.6 is 0 Å². The first-order chi connectivity index (χ1) is 17.5. The summed E-state index contributed by atoms with van der Waals surface area (Å²) in [5.41, 5.74) is 5.14. The van der Waals surface area contributed by atoms with Gasteiger partial charge in [-0.15, -0.1) is 0 Å². The molecule has 1 atom stereocenters. The lowest BCUT2D eigenvalue weighted by molar-refractivity contribution is -0.132. The first kappa shape index (κ1) is 22.4. The second-order valence-corrected chi connectivity index (χ2v) is 9.71. The molecule has 6 rings (SSSR count). The van der Waals surface area contributed by atoms with Gasteiger partial charge in [0.05, 0.1) is 18.2 Å². The molecule has 6 nitrogen and oxygen atoms in total. The maximum atomic E-state index is 13.4. The van der Waals surface area contributed by atoms with E-state index < -0.39 is 17.7 Å². The summed E-state index contributed by atoms with van der Waals surface area (Å²) in [4.78, 5) is 30.7. The fraction of sp³-hybridized carbons (Fsp3) is 0.267. The van der Waals surface area contributed by atoms with Gasteiger partial charge in [0, 0.05) is 36.4 Å². The fourth-order valence-electron chi connectivity index (χ4n) is 5.54. The molecule has 1 unspecified atom stereocenters. The zero-order valence-corrected chi connectivity index (χ0v) is 20.2. The van der Waals surface area contributed by atoms with Crippen molar-refractivity contribution in [3.8, 4) is 5.75 Å². The average molecular weight is 481 g/mol. The third kappa shape index (κ3) is 3.73. The Morgan fingerprint density at radius 1 is 0.944 bits per heavy atom. The van der Waals surface area contributed by atoms with Crippen LogP contribution in [0.2, 0.25) is 0 Å². The molecule has 0 aliphatic carbocycles. The van der Waals surface area contributed by atoms with Crippen molar-refractivity contribution in [2.24, 2.45) is 0 Å². The number of hydrogen-bond donors (Lipinski definition) is 1. The van der Waals surface area contributed by atoms with E-state index in [1.54, 1.807) is 6.07 Å². The highest BCUT2D eigenvalue weighted by Crippen LogP contribution is 2.43. The minimum Gasteiger partial charge on any atom is -0.507 e. The molecule has 1 amide bonds. The van der Waals surface area contributed by atoms with Crippen molar-refractivity contribution < 1.29 is 19.4 Å². The van der Waals surface area contributed by atoms with Gasteiger partial charge in [0.15, 0.2) is 0 Å². The largest absolute Gasteiger partial charge is 0.507 e. The SMILES string of the molecule is Cc1cccc(C2/C(=C(/O)c3ccc4c(c3)CCO4)C(=O)C(=O)N2c2ccc(N3CCCC3)cc2)c1. The van der Waals surface area contributed by atoms with E-state index in [-0.39, 0.29) is 11.3 Å². The van der Waals surface area contributed by atoms with Gasteiger partial charge in [-0.25, -0.2) is 0 Å². The fourth-order valence-corrected chi connectivity index (χ4v) is 5.54. The summed E-state index contributed by atoms with van der Waals surface area (Å²) >= 11 is 0. The Morgan fingerprint density at radius 2 is 1.69 bits per heavy atom. The molecule has 2 saturated heterocycles. The molecule has 3 aliphatic heterocycles. The van der Waals surface area contributed by atoms with Gasteiger partial charge in [0.1, 0.15) is 11.5 Å². The molecule has 3 aliphatic rings. The van der Waals surface area contributed by atoms with Gasteiger partial charge >= 0.3 is 0 Å². The Labute approximate surface area is 210 Å². The highest BCUT2D eigenvalue weighted by atomic mass is 16.5. The number of Topliss-reactive ketones (excluding diaryl/α,β-unsaturated/α-hetero) is 1. The van der Waals surface area contributed by atoms with E-state index in [0.717, 1.165) is 47.6 Å². The molecule has 36 heavy (non-hydrogen) atoms. The number of benzene rings is 3. The second kappa shape index (κ2) is 8.86. The topological polar surface area (TPSA) is 70.1 Å². The van der Waals surface area contributed by atoms with E-state index in [2.05, 4.69) is 4.90 Å². The van der Waals surface area contributed by atoms with Gasteiger partial charge in [0.2, 0.25) is 0 Å². The van der Waals surface area contributed by atoms with Crippen LogP contribution < -0.4 is 14.5 Å². The first-order valence-corrected chi connectivity index (χ1v) is 12.5. The van der Waals surface area contributed by atoms with E-state index in [1.807, 2.05) is 67.6 Å². The van der Waals surface area contributed by atoms with E-state index in [4.69, 9.17) is 4.74 Å². The zero-order valence-electron chi connectivity index (χ0n) is 20.2. The number of aryl methyl sites for hydroxylation is 1. The zero-order chi connectivity index (χ0) is 24.8. The summed E-state index contributed by atoms with van der Waals surface area (Å²) in [6.07, 6.45) is 3.10. The van der Waals surface area contributed by atoms with Crippen molar-refractivity contribution >= 4 is 28.8 Å². The van der Waals surface area contributed by atoms with Crippen LogP contribution in [0.1, 0.15) is 41.1 Å². The standard InChI is InChI=1S/C30H28N2O4/c1-19-5-4-6-21(17-19)27-26(28(33)22-7-12-25-20(18-22)13-16-36-25)29(34)30(35)32(27)24-10-8-23(9-11-24)31-14-2-3-15-31/h4-12,17-18,27,33H,2-3,13-16H2,1H3/b28-26-. The van der Waals surface area contributed by atoms with Crippen LogP contribution in [0.25, 0.3) is 5.76 Å². The molecule has 6 heteroatoms. The average Bonchev–Trinajstić information content (AvgIpc) is 3.64. The normalized spacial score (nSPS) is 20.6. The monoisotopic (exact) mass is 480 g/mol. The first-order valence-electron chi connectivity index (χ1n) is 12.5. The number of aliphatic hydroxyl groups excluding tert-OH is 1. The molecular formula is C30H28N2O4. The van der Waals surface area contributed by atoms with Crippen molar-refractivity contribution in [2.75, 3.05) is 29.5 Å². The summed E-state index contributed by atoms with van der Waals surface area (Å²) in [7, 11) is 0. The Morgan fingerprint density at radius 3 is 2.44 bits per heavy atom. The van der Waals surface area contributed by atoms with Crippen LogP contribution in [0, 0.1) is 6.92 Å². The van der Waals surface area contributed by atoms with Crippen molar-refractivity contribution in [3.05, 3.63) is 94.6 Å². The number of fused-ring (bicyclic) bond motifs is 1. The number of carbonyl (C=O) groups excluding carboxylic acids is 2. The van der Waals surface area contributed by atoms with Gasteiger partial charge in [-0.1, -0.05) is 29.8 Å². The number of nitrogens with zero attached hydrogens (tertiary/aromatic N) is 2. The summed E-state index contributed by atoms with van der Waals surface area (Å²) in [5, 5.41) is 11.4. The quantitative estimate of drug-likeness (QED) is 0.318. The Bertz CT molecular complexity index is 1390. The van der Waals surface area contributed by atoms with Crippen molar-refractivity contribution in [1.29, 1.82) is 0 Å². The van der Waals surface area contributed by atoms with Crippen LogP contribution in [-0.2, 0) is 16.0 Å². The van der Waals surface area contributed by atoms with E-state index in [1.165, 1.54) is 17.7 Å². The van der Waals surface area contributed by atoms with Gasteiger partial charge in [-0.05, 0) is 73.4 Å². The molecule has 3 heterocycles. The van der Waals surface area contributed by atoms with E-state index in [0.29, 0.717) is 17.9 Å². The predicted octanol–water partition coefficient (Wildman–Crippen LogP) is 5.16. The van der Waals surface area contributed by atoms with Gasteiger partial charge in [-0.3, -0.25) is 14.5 Å². The van der Waals surface area contributed by atoms with Crippen LogP contribution in [-0.4, -0.2) is 36.5 Å². The molecular weight excluding hydrogens is 452 g/mol. The molecule has 2 fully saturated rings.